The van der Waals surface area contributed by atoms with Gasteiger partial charge in [-0.05, 0) is 50.8 Å². The minimum atomic E-state index is -1.48. The number of likely N-dealkylation sites (N-methyl/N-ethyl adjacent to an activating group) is 1. The molecule has 1 unspecified atom stereocenters. The van der Waals surface area contributed by atoms with Crippen molar-refractivity contribution in [3.63, 3.8) is 0 Å². The van der Waals surface area contributed by atoms with Gasteiger partial charge < -0.3 is 45.6 Å². The lowest BCUT2D eigenvalue weighted by Gasteiger charge is -2.26. The third kappa shape index (κ3) is 9.63. The zero-order valence-corrected chi connectivity index (χ0v) is 28.3. The summed E-state index contributed by atoms with van der Waals surface area (Å²) < 4.78 is 12.5. The fourth-order valence-electron chi connectivity index (χ4n) is 5.12. The average molecular weight is 681 g/mol. The predicted molar refractivity (Wildman–Crippen MR) is 177 cm³/mol. The van der Waals surface area contributed by atoms with Crippen molar-refractivity contribution < 1.29 is 39.2 Å². The van der Waals surface area contributed by atoms with Crippen LogP contribution in [0.1, 0.15) is 58.4 Å². The molecule has 0 aliphatic carbocycles. The molecule has 0 bridgehead atoms. The molecule has 1 saturated heterocycles. The Morgan fingerprint density at radius 2 is 1.94 bits per heavy atom. The molecule has 16 heteroatoms. The summed E-state index contributed by atoms with van der Waals surface area (Å²) in [5.41, 5.74) is 1.61. The molecule has 1 aromatic carbocycles. The van der Waals surface area contributed by atoms with Gasteiger partial charge in [-0.1, -0.05) is 37.8 Å². The molecule has 0 saturated carbocycles. The third-order valence-corrected chi connectivity index (χ3v) is 7.47. The second-order valence-electron chi connectivity index (χ2n) is 13.1. The molecule has 0 spiro atoms. The van der Waals surface area contributed by atoms with Crippen LogP contribution in [0.4, 0.5) is 10.6 Å². The molecule has 264 valence electrons. The van der Waals surface area contributed by atoms with Crippen LogP contribution in [0.2, 0.25) is 0 Å². The second kappa shape index (κ2) is 16.1. The summed E-state index contributed by atoms with van der Waals surface area (Å²) in [5, 5.41) is 40.2. The van der Waals surface area contributed by atoms with Gasteiger partial charge in [-0.25, -0.2) is 19.7 Å². The first-order chi connectivity index (χ1) is 23.2. The van der Waals surface area contributed by atoms with Crippen LogP contribution < -0.4 is 16.0 Å². The van der Waals surface area contributed by atoms with Crippen molar-refractivity contribution in [1.82, 2.24) is 35.1 Å². The van der Waals surface area contributed by atoms with Gasteiger partial charge in [-0.2, -0.15) is 0 Å². The molecular weight excluding hydrogens is 636 g/mol. The van der Waals surface area contributed by atoms with Gasteiger partial charge in [-0.3, -0.25) is 14.2 Å². The van der Waals surface area contributed by atoms with Crippen molar-refractivity contribution in [2.75, 3.05) is 18.9 Å². The number of hydrogen-bond acceptors (Lipinski definition) is 12. The zero-order valence-electron chi connectivity index (χ0n) is 28.3. The number of aromatic nitrogens is 4. The van der Waals surface area contributed by atoms with E-state index in [-0.39, 0.29) is 18.4 Å². The average Bonchev–Trinajstić information content (AvgIpc) is 3.60. The maximum Gasteiger partial charge on any atom is 0.408 e. The Hall–Kier alpha value is -4.82. The second-order valence-corrected chi connectivity index (χ2v) is 13.1. The highest BCUT2D eigenvalue weighted by Gasteiger charge is 2.48. The first-order valence-corrected chi connectivity index (χ1v) is 15.8. The summed E-state index contributed by atoms with van der Waals surface area (Å²) in [5.74, 6) is 6.21. The van der Waals surface area contributed by atoms with Crippen LogP contribution >= 0.6 is 0 Å². The summed E-state index contributed by atoms with van der Waals surface area (Å²) in [4.78, 5) is 50.0. The lowest BCUT2D eigenvalue weighted by Crippen LogP contribution is -2.48. The van der Waals surface area contributed by atoms with Crippen molar-refractivity contribution in [1.29, 1.82) is 0 Å². The van der Waals surface area contributed by atoms with Gasteiger partial charge in [0.05, 0.1) is 12.9 Å². The number of aliphatic hydroxyl groups is 3. The minimum Gasteiger partial charge on any atom is -0.444 e. The standard InChI is InChI=1S/C33H44N8O8/c1-19(2)13-22(39-32(47)49-33(3,4)5)29(45)34-12-8-11-20-9-7-10-21(14-20)15-35-27-23-28(37-16-36-27)41(17-38-23)31-25(44)24(43)26(48-31)30(46)40(6)18-42/h7,9-10,14,16-19,22,24-26,30-31,43-44,46H,12-13,15H2,1-6H3,(H,34,45)(H,39,47)(H,35,36,37)/t22-,24-,25+,26-,30?,31+/m0/s1. The first-order valence-electron chi connectivity index (χ1n) is 15.8. The van der Waals surface area contributed by atoms with Gasteiger partial charge >= 0.3 is 6.09 Å². The molecule has 49 heavy (non-hydrogen) atoms. The number of nitrogens with zero attached hydrogens (tertiary/aromatic N) is 5. The third-order valence-electron chi connectivity index (χ3n) is 7.47. The maximum atomic E-state index is 12.8. The van der Waals surface area contributed by atoms with Gasteiger partial charge in [0, 0.05) is 19.2 Å². The Morgan fingerprint density at radius 3 is 2.63 bits per heavy atom. The number of aliphatic hydroxyl groups excluding tert-OH is 3. The number of nitrogens with one attached hydrogen (secondary N) is 3. The van der Waals surface area contributed by atoms with E-state index in [1.54, 1.807) is 20.8 Å². The van der Waals surface area contributed by atoms with E-state index < -0.39 is 48.5 Å². The summed E-state index contributed by atoms with van der Waals surface area (Å²) in [7, 11) is 1.33. The number of benzene rings is 1. The first kappa shape index (κ1) is 37.0. The predicted octanol–water partition coefficient (Wildman–Crippen LogP) is 0.871. The fourth-order valence-corrected chi connectivity index (χ4v) is 5.12. The lowest BCUT2D eigenvalue weighted by atomic mass is 10.0. The van der Waals surface area contributed by atoms with Crippen LogP contribution in [0, 0.1) is 17.8 Å². The molecule has 6 N–H and O–H groups in total. The van der Waals surface area contributed by atoms with Crippen molar-refractivity contribution in [3.05, 3.63) is 48.0 Å². The highest BCUT2D eigenvalue weighted by molar-refractivity contribution is 5.86. The number of rotatable bonds is 12. The van der Waals surface area contributed by atoms with E-state index in [2.05, 4.69) is 42.7 Å². The molecule has 0 radical (unpaired) electrons. The smallest absolute Gasteiger partial charge is 0.408 e. The summed E-state index contributed by atoms with van der Waals surface area (Å²) in [6.07, 6.45) is -3.91. The van der Waals surface area contributed by atoms with Crippen LogP contribution in [-0.4, -0.2) is 108 Å². The van der Waals surface area contributed by atoms with Gasteiger partial charge in [0.15, 0.2) is 29.4 Å². The molecule has 1 fully saturated rings. The normalized spacial score (nSPS) is 20.2. The van der Waals surface area contributed by atoms with Crippen LogP contribution in [0.5, 0.6) is 0 Å². The van der Waals surface area contributed by atoms with E-state index in [1.807, 2.05) is 38.1 Å². The van der Waals surface area contributed by atoms with Gasteiger partial charge in [0.2, 0.25) is 12.3 Å². The maximum absolute atomic E-state index is 12.8. The molecule has 3 heterocycles. The highest BCUT2D eigenvalue weighted by atomic mass is 16.6. The van der Waals surface area contributed by atoms with Crippen LogP contribution in [0.3, 0.4) is 0 Å². The van der Waals surface area contributed by atoms with E-state index in [9.17, 15) is 29.7 Å². The van der Waals surface area contributed by atoms with Crippen molar-refractivity contribution in [2.45, 2.75) is 90.0 Å². The molecule has 3 aromatic rings. The van der Waals surface area contributed by atoms with Crippen LogP contribution in [0.15, 0.2) is 36.9 Å². The number of ether oxygens (including phenoxy) is 2. The quantitative estimate of drug-likeness (QED) is 0.0894. The van der Waals surface area contributed by atoms with E-state index in [0.29, 0.717) is 36.4 Å². The number of anilines is 1. The summed E-state index contributed by atoms with van der Waals surface area (Å²) >= 11 is 0. The topological polar surface area (TPSA) is 213 Å². The summed E-state index contributed by atoms with van der Waals surface area (Å²) in [6, 6.07) is 6.73. The number of carbonyl (C=O) groups excluding carboxylic acids is 3. The Morgan fingerprint density at radius 1 is 1.18 bits per heavy atom. The molecule has 1 aliphatic heterocycles. The fraction of sp³-hybridized carbons (Fsp3) is 0.515. The molecular formula is C33H44N8O8. The number of imidazole rings is 1. The highest BCUT2D eigenvalue weighted by Crippen LogP contribution is 2.34. The number of hydrogen-bond donors (Lipinski definition) is 6. The molecule has 2 aromatic heterocycles. The summed E-state index contributed by atoms with van der Waals surface area (Å²) in [6.45, 7) is 9.61. The van der Waals surface area contributed by atoms with Crippen molar-refractivity contribution >= 4 is 35.4 Å². The molecule has 3 amide bonds. The van der Waals surface area contributed by atoms with Crippen LogP contribution in [-0.2, 0) is 25.6 Å². The molecule has 1 aliphatic rings. The molecule has 16 nitrogen and oxygen atoms in total. The lowest BCUT2D eigenvalue weighted by molar-refractivity contribution is -0.149. The van der Waals surface area contributed by atoms with Gasteiger partial charge in [0.25, 0.3) is 0 Å². The van der Waals surface area contributed by atoms with E-state index >= 15 is 0 Å². The Labute approximate surface area is 284 Å². The number of amides is 3. The Kier molecular flexibility index (Phi) is 12.1. The minimum absolute atomic E-state index is 0.0808. The SMILES string of the molecule is CC(C)C[C@H](NC(=O)OC(C)(C)C)C(=O)NCC#Cc1cccc(CNc2ncnc3c2ncn3[C@@H]2O[C@H](C(O)N(C)C=O)[C@@H](O)[C@H]2O)c1. The number of fused-ring (bicyclic) bond motifs is 1. The molecule has 4 rings (SSSR count). The number of alkyl carbamates (subject to hydrolysis) is 1. The van der Waals surface area contributed by atoms with E-state index in [0.717, 1.165) is 16.0 Å². The van der Waals surface area contributed by atoms with Crippen molar-refractivity contribution in [3.8, 4) is 11.8 Å². The van der Waals surface area contributed by atoms with Gasteiger partial charge in [-0.15, -0.1) is 0 Å². The van der Waals surface area contributed by atoms with Crippen molar-refractivity contribution in [2.24, 2.45) is 5.92 Å². The zero-order chi connectivity index (χ0) is 35.9. The van der Waals surface area contributed by atoms with E-state index in [1.165, 1.54) is 24.3 Å². The van der Waals surface area contributed by atoms with Crippen LogP contribution in [0.25, 0.3) is 11.2 Å². The monoisotopic (exact) mass is 680 g/mol. The Balaban J connectivity index is 1.37. The number of carbonyl (C=O) groups is 3. The molecule has 6 atom stereocenters. The van der Waals surface area contributed by atoms with E-state index in [4.69, 9.17) is 9.47 Å². The largest absolute Gasteiger partial charge is 0.444 e. The Bertz CT molecular complexity index is 1680. The van der Waals surface area contributed by atoms with Gasteiger partial charge in [0.1, 0.15) is 36.3 Å².